The van der Waals surface area contributed by atoms with Crippen LogP contribution >= 0.6 is 0 Å². The molecule has 0 aromatic carbocycles. The van der Waals surface area contributed by atoms with Crippen LogP contribution in [0.4, 0.5) is 0 Å². The number of aryl methyl sites for hydroxylation is 1. The van der Waals surface area contributed by atoms with Crippen molar-refractivity contribution >= 4 is 22.6 Å². The summed E-state index contributed by atoms with van der Waals surface area (Å²) in [6, 6.07) is 7.46. The second-order valence-electron chi connectivity index (χ2n) is 6.26. The van der Waals surface area contributed by atoms with E-state index in [0.29, 0.717) is 24.1 Å². The maximum absolute atomic E-state index is 12.8. The van der Waals surface area contributed by atoms with Crippen molar-refractivity contribution in [3.8, 4) is 0 Å². The van der Waals surface area contributed by atoms with E-state index in [9.17, 15) is 9.59 Å². The molecule has 24 heavy (non-hydrogen) atoms. The van der Waals surface area contributed by atoms with Crippen molar-refractivity contribution in [2.75, 3.05) is 13.1 Å². The van der Waals surface area contributed by atoms with Gasteiger partial charge in [0.05, 0.1) is 5.52 Å². The number of hydrogen-bond acceptors (Lipinski definition) is 3. The van der Waals surface area contributed by atoms with Crippen LogP contribution in [-0.4, -0.2) is 37.8 Å². The molecule has 3 aromatic heterocycles. The molecule has 0 aliphatic carbocycles. The van der Waals surface area contributed by atoms with Gasteiger partial charge in [0.2, 0.25) is 5.91 Å². The molecule has 0 unspecified atom stereocenters. The first-order valence-electron chi connectivity index (χ1n) is 8.48. The molecular formula is C18H20N4O2. The van der Waals surface area contributed by atoms with Crippen molar-refractivity contribution in [1.82, 2.24) is 18.9 Å². The lowest BCUT2D eigenvalue weighted by atomic mass is 10.1. The summed E-state index contributed by atoms with van der Waals surface area (Å²) >= 11 is 0. The Morgan fingerprint density at radius 3 is 2.71 bits per heavy atom. The Bertz CT molecular complexity index is 950. The highest BCUT2D eigenvalue weighted by atomic mass is 16.2. The second kappa shape index (κ2) is 6.11. The van der Waals surface area contributed by atoms with Gasteiger partial charge in [-0.05, 0) is 43.5 Å². The van der Waals surface area contributed by atoms with Crippen LogP contribution in [0.3, 0.4) is 0 Å². The highest BCUT2D eigenvalue weighted by Crippen LogP contribution is 2.14. The van der Waals surface area contributed by atoms with Gasteiger partial charge in [-0.3, -0.25) is 14.2 Å². The number of nitrogens with zero attached hydrogens (tertiary/aromatic N) is 4. The fraction of sp³-hybridized carbons (Fsp3) is 0.389. The third-order valence-corrected chi connectivity index (χ3v) is 4.75. The molecule has 0 saturated carbocycles. The van der Waals surface area contributed by atoms with Gasteiger partial charge in [0.15, 0.2) is 5.65 Å². The number of piperidine rings is 1. The molecule has 124 valence electrons. The summed E-state index contributed by atoms with van der Waals surface area (Å²) in [4.78, 5) is 31.5. The van der Waals surface area contributed by atoms with E-state index in [1.54, 1.807) is 16.8 Å². The Morgan fingerprint density at radius 1 is 1.08 bits per heavy atom. The number of pyridine rings is 1. The van der Waals surface area contributed by atoms with Crippen molar-refractivity contribution in [3.05, 3.63) is 47.0 Å². The van der Waals surface area contributed by atoms with Gasteiger partial charge in [-0.15, -0.1) is 0 Å². The van der Waals surface area contributed by atoms with Crippen LogP contribution in [0.5, 0.6) is 0 Å². The zero-order valence-electron chi connectivity index (χ0n) is 13.5. The summed E-state index contributed by atoms with van der Waals surface area (Å²) in [5.41, 5.74) is 2.01. The largest absolute Gasteiger partial charge is 0.343 e. The summed E-state index contributed by atoms with van der Waals surface area (Å²) in [5.74, 6) is 0.126. The lowest BCUT2D eigenvalue weighted by Gasteiger charge is -2.26. The summed E-state index contributed by atoms with van der Waals surface area (Å²) in [7, 11) is 0. The number of rotatable bonds is 3. The first-order chi connectivity index (χ1) is 11.8. The number of carbonyl (C=O) groups is 1. The zero-order valence-corrected chi connectivity index (χ0v) is 13.5. The average Bonchev–Trinajstić information content (AvgIpc) is 3.12. The van der Waals surface area contributed by atoms with E-state index in [-0.39, 0.29) is 11.5 Å². The Kier molecular flexibility index (Phi) is 3.80. The molecular weight excluding hydrogens is 304 g/mol. The fourth-order valence-electron chi connectivity index (χ4n) is 3.50. The molecule has 0 spiro atoms. The van der Waals surface area contributed by atoms with Crippen LogP contribution in [-0.2, 0) is 11.3 Å². The van der Waals surface area contributed by atoms with Gasteiger partial charge >= 0.3 is 0 Å². The van der Waals surface area contributed by atoms with Crippen molar-refractivity contribution in [1.29, 1.82) is 0 Å². The molecule has 0 atom stereocenters. The van der Waals surface area contributed by atoms with Gasteiger partial charge in [-0.1, -0.05) is 0 Å². The van der Waals surface area contributed by atoms with Crippen molar-refractivity contribution < 1.29 is 4.79 Å². The highest BCUT2D eigenvalue weighted by Gasteiger charge is 2.18. The molecule has 1 aliphatic rings. The molecule has 6 heteroatoms. The first-order valence-corrected chi connectivity index (χ1v) is 8.48. The number of hydrogen-bond donors (Lipinski definition) is 0. The summed E-state index contributed by atoms with van der Waals surface area (Å²) in [5, 5.41) is 0. The lowest BCUT2D eigenvalue weighted by molar-refractivity contribution is -0.132. The molecule has 1 amide bonds. The van der Waals surface area contributed by atoms with Gasteiger partial charge in [0.25, 0.3) is 5.56 Å². The van der Waals surface area contributed by atoms with E-state index in [1.165, 1.54) is 6.42 Å². The molecule has 0 N–H and O–H groups in total. The van der Waals surface area contributed by atoms with Crippen molar-refractivity contribution in [3.63, 3.8) is 0 Å². The van der Waals surface area contributed by atoms with E-state index >= 15 is 0 Å². The van der Waals surface area contributed by atoms with Crippen LogP contribution in [0.2, 0.25) is 0 Å². The van der Waals surface area contributed by atoms with Gasteiger partial charge in [-0.2, -0.15) is 0 Å². The SMILES string of the molecule is O=C(CCn1c(=O)c2cccn2c2cccnc21)N1CCCCC1. The Balaban J connectivity index is 1.68. The predicted molar refractivity (Wildman–Crippen MR) is 92.0 cm³/mol. The number of carbonyl (C=O) groups excluding carboxylic acids is 1. The van der Waals surface area contributed by atoms with E-state index in [2.05, 4.69) is 4.98 Å². The van der Waals surface area contributed by atoms with E-state index in [1.807, 2.05) is 33.7 Å². The van der Waals surface area contributed by atoms with E-state index < -0.39 is 0 Å². The normalized spacial score (nSPS) is 15.2. The monoisotopic (exact) mass is 324 g/mol. The Labute approximate surface area is 139 Å². The summed E-state index contributed by atoms with van der Waals surface area (Å²) in [6.45, 7) is 2.04. The maximum atomic E-state index is 12.8. The average molecular weight is 324 g/mol. The molecule has 1 saturated heterocycles. The Morgan fingerprint density at radius 2 is 1.88 bits per heavy atom. The van der Waals surface area contributed by atoms with Crippen LogP contribution < -0.4 is 5.56 Å². The van der Waals surface area contributed by atoms with Crippen LogP contribution in [0.1, 0.15) is 25.7 Å². The molecule has 0 bridgehead atoms. The van der Waals surface area contributed by atoms with Gasteiger partial charge in [0, 0.05) is 38.4 Å². The van der Waals surface area contributed by atoms with Crippen molar-refractivity contribution in [2.24, 2.45) is 0 Å². The predicted octanol–water partition coefficient (Wildman–Crippen LogP) is 2.05. The minimum Gasteiger partial charge on any atom is -0.343 e. The quantitative estimate of drug-likeness (QED) is 0.741. The molecule has 1 aliphatic heterocycles. The summed E-state index contributed by atoms with van der Waals surface area (Å²) < 4.78 is 3.49. The number of likely N-dealkylation sites (tertiary alicyclic amines) is 1. The minimum absolute atomic E-state index is 0.0994. The molecule has 0 radical (unpaired) electrons. The third kappa shape index (κ3) is 2.48. The number of amides is 1. The molecule has 6 nitrogen and oxygen atoms in total. The van der Waals surface area contributed by atoms with Crippen LogP contribution in [0, 0.1) is 0 Å². The Hall–Kier alpha value is -2.63. The fourth-order valence-corrected chi connectivity index (χ4v) is 3.50. The van der Waals surface area contributed by atoms with E-state index in [0.717, 1.165) is 31.4 Å². The van der Waals surface area contributed by atoms with Gasteiger partial charge in [0.1, 0.15) is 5.52 Å². The first kappa shape index (κ1) is 14.9. The topological polar surface area (TPSA) is 59.6 Å². The minimum atomic E-state index is -0.0994. The number of aromatic nitrogens is 3. The van der Waals surface area contributed by atoms with E-state index in [4.69, 9.17) is 0 Å². The second-order valence-corrected chi connectivity index (χ2v) is 6.26. The van der Waals surface area contributed by atoms with Crippen LogP contribution in [0.25, 0.3) is 16.7 Å². The third-order valence-electron chi connectivity index (χ3n) is 4.75. The van der Waals surface area contributed by atoms with Gasteiger partial charge < -0.3 is 9.30 Å². The maximum Gasteiger partial charge on any atom is 0.276 e. The lowest BCUT2D eigenvalue weighted by Crippen LogP contribution is -2.36. The van der Waals surface area contributed by atoms with Crippen molar-refractivity contribution in [2.45, 2.75) is 32.2 Å². The number of fused-ring (bicyclic) bond motifs is 3. The van der Waals surface area contributed by atoms with Gasteiger partial charge in [-0.25, -0.2) is 4.98 Å². The standard InChI is InChI=1S/C18H20N4O2/c23-16(20-10-2-1-3-11-20)8-13-22-17-14(6-4-9-19-17)21-12-5-7-15(21)18(22)24/h4-7,9,12H,1-3,8,10-11,13H2. The summed E-state index contributed by atoms with van der Waals surface area (Å²) in [6.07, 6.45) is 7.23. The zero-order chi connectivity index (χ0) is 16.5. The smallest absolute Gasteiger partial charge is 0.276 e. The molecule has 4 heterocycles. The molecule has 3 aromatic rings. The molecule has 1 fully saturated rings. The molecule has 4 rings (SSSR count). The van der Waals surface area contributed by atoms with Crippen LogP contribution in [0.15, 0.2) is 41.5 Å². The highest BCUT2D eigenvalue weighted by molar-refractivity contribution is 5.77.